The Bertz CT molecular complexity index is 1350. The Morgan fingerprint density at radius 3 is 1.62 bits per heavy atom. The largest absolute Gasteiger partial charge is 0.422 e. The van der Waals surface area contributed by atoms with Gasteiger partial charge in [0.2, 0.25) is 0 Å². The summed E-state index contributed by atoms with van der Waals surface area (Å²) in [7, 11) is 0. The van der Waals surface area contributed by atoms with E-state index in [9.17, 15) is 35.1 Å². The van der Waals surface area contributed by atoms with Crippen LogP contribution in [0.1, 0.15) is 11.1 Å². The van der Waals surface area contributed by atoms with Gasteiger partial charge in [-0.3, -0.25) is 0 Å². The molecule has 0 amide bonds. The summed E-state index contributed by atoms with van der Waals surface area (Å²) >= 11 is 0. The van der Waals surface area contributed by atoms with E-state index < -0.39 is 52.0 Å². The smallest absolute Gasteiger partial charge is 0.236 e. The molecule has 0 atom stereocenters. The van der Waals surface area contributed by atoms with Gasteiger partial charge in [-0.25, -0.2) is 31.9 Å². The zero-order valence-corrected chi connectivity index (χ0v) is 17.1. The summed E-state index contributed by atoms with van der Waals surface area (Å²) in [4.78, 5) is 8.14. The lowest BCUT2D eigenvalue weighted by atomic mass is 9.96. The third-order valence-electron chi connectivity index (χ3n) is 4.98. The Morgan fingerprint density at radius 2 is 1.12 bits per heavy atom. The summed E-state index contributed by atoms with van der Waals surface area (Å²) < 4.78 is 110. The second kappa shape index (κ2) is 8.51. The number of hydrogen-bond donors (Lipinski definition) is 0. The van der Waals surface area contributed by atoms with Crippen molar-refractivity contribution < 1.29 is 35.1 Å². The Labute approximate surface area is 187 Å². The van der Waals surface area contributed by atoms with Crippen LogP contribution in [0.3, 0.4) is 0 Å². The van der Waals surface area contributed by atoms with E-state index in [4.69, 9.17) is 0 Å². The summed E-state index contributed by atoms with van der Waals surface area (Å²) in [5.41, 5.74) is -3.23. The molecular formula is C24H12F8N2. The molecule has 0 unspecified atom stereocenters. The van der Waals surface area contributed by atoms with E-state index in [-0.39, 0.29) is 29.1 Å². The van der Waals surface area contributed by atoms with Crippen LogP contribution in [0.2, 0.25) is 0 Å². The third-order valence-corrected chi connectivity index (χ3v) is 4.98. The van der Waals surface area contributed by atoms with Crippen LogP contribution in [0.4, 0.5) is 35.1 Å². The highest BCUT2D eigenvalue weighted by molar-refractivity contribution is 5.74. The third kappa shape index (κ3) is 4.35. The standard InChI is InChI=1S/C24H12F8N2/c1-11-9-33-23(34-10-11)12-2-3-15(16(25)4-12)13-5-17(26)21(18(27)6-13)14-7-19(28)22(20(29)8-14)24(30,31)32/h2-10H,1H3. The van der Waals surface area contributed by atoms with Gasteiger partial charge in [-0.05, 0) is 53.9 Å². The minimum atomic E-state index is -5.33. The molecule has 1 aromatic heterocycles. The Hall–Kier alpha value is -3.82. The molecule has 0 bridgehead atoms. The van der Waals surface area contributed by atoms with E-state index >= 15 is 0 Å². The molecule has 2 nitrogen and oxygen atoms in total. The number of alkyl halides is 3. The lowest BCUT2D eigenvalue weighted by molar-refractivity contribution is -0.142. The first kappa shape index (κ1) is 23.3. The van der Waals surface area contributed by atoms with Crippen LogP contribution in [0.15, 0.2) is 54.9 Å². The van der Waals surface area contributed by atoms with Crippen molar-refractivity contribution >= 4 is 0 Å². The zero-order chi connectivity index (χ0) is 24.8. The highest BCUT2D eigenvalue weighted by atomic mass is 19.4. The fourth-order valence-corrected chi connectivity index (χ4v) is 3.42. The topological polar surface area (TPSA) is 25.8 Å². The predicted molar refractivity (Wildman–Crippen MR) is 108 cm³/mol. The number of rotatable bonds is 3. The minimum Gasteiger partial charge on any atom is -0.236 e. The second-order valence-electron chi connectivity index (χ2n) is 7.41. The van der Waals surface area contributed by atoms with Crippen molar-refractivity contribution in [1.82, 2.24) is 9.97 Å². The molecular weight excluding hydrogens is 468 g/mol. The van der Waals surface area contributed by atoms with Crippen LogP contribution in [0.5, 0.6) is 0 Å². The van der Waals surface area contributed by atoms with Crippen LogP contribution in [-0.2, 0) is 6.18 Å². The summed E-state index contributed by atoms with van der Waals surface area (Å²) in [5, 5.41) is 0. The Kier molecular flexibility index (Phi) is 5.84. The molecule has 0 N–H and O–H groups in total. The average Bonchev–Trinajstić information content (AvgIpc) is 2.72. The maximum Gasteiger partial charge on any atom is 0.422 e. The van der Waals surface area contributed by atoms with Crippen molar-refractivity contribution in [3.8, 4) is 33.6 Å². The molecule has 1 heterocycles. The molecule has 34 heavy (non-hydrogen) atoms. The highest BCUT2D eigenvalue weighted by Crippen LogP contribution is 2.38. The fraction of sp³-hybridized carbons (Fsp3) is 0.0833. The van der Waals surface area contributed by atoms with Crippen LogP contribution in [0.25, 0.3) is 33.6 Å². The van der Waals surface area contributed by atoms with E-state index in [0.717, 1.165) is 11.6 Å². The second-order valence-corrected chi connectivity index (χ2v) is 7.41. The van der Waals surface area contributed by atoms with Gasteiger partial charge < -0.3 is 0 Å². The molecule has 0 saturated carbocycles. The van der Waals surface area contributed by atoms with Gasteiger partial charge in [0.25, 0.3) is 0 Å². The number of hydrogen-bond acceptors (Lipinski definition) is 2. The number of aryl methyl sites for hydroxylation is 1. The van der Waals surface area contributed by atoms with Gasteiger partial charge in [-0.15, -0.1) is 0 Å². The number of benzene rings is 3. The number of nitrogens with zero attached hydrogens (tertiary/aromatic N) is 2. The van der Waals surface area contributed by atoms with Crippen LogP contribution in [0, 0.1) is 36.0 Å². The Balaban J connectivity index is 1.75. The van der Waals surface area contributed by atoms with Crippen molar-refractivity contribution in [2.45, 2.75) is 13.1 Å². The van der Waals surface area contributed by atoms with Crippen LogP contribution >= 0.6 is 0 Å². The van der Waals surface area contributed by atoms with Crippen LogP contribution < -0.4 is 0 Å². The lowest BCUT2D eigenvalue weighted by Crippen LogP contribution is -2.11. The van der Waals surface area contributed by atoms with Crippen molar-refractivity contribution in [1.29, 1.82) is 0 Å². The molecule has 4 aromatic rings. The summed E-state index contributed by atoms with van der Waals surface area (Å²) in [5.74, 6) is -7.36. The first-order valence-electron chi connectivity index (χ1n) is 9.60. The monoisotopic (exact) mass is 480 g/mol. The van der Waals surface area contributed by atoms with E-state index in [1.54, 1.807) is 6.92 Å². The summed E-state index contributed by atoms with van der Waals surface area (Å²) in [6, 6.07) is 5.56. The van der Waals surface area contributed by atoms with Crippen molar-refractivity contribution in [3.63, 3.8) is 0 Å². The Morgan fingerprint density at radius 1 is 0.618 bits per heavy atom. The molecule has 0 saturated heterocycles. The lowest BCUT2D eigenvalue weighted by Gasteiger charge is -2.13. The van der Waals surface area contributed by atoms with Gasteiger partial charge in [0.05, 0.1) is 5.56 Å². The molecule has 4 rings (SSSR count). The quantitative estimate of drug-likeness (QED) is 0.284. The summed E-state index contributed by atoms with van der Waals surface area (Å²) in [6.07, 6.45) is -2.27. The van der Waals surface area contributed by atoms with Crippen molar-refractivity contribution in [2.24, 2.45) is 0 Å². The van der Waals surface area contributed by atoms with Gasteiger partial charge in [0.1, 0.15) is 34.6 Å². The maximum absolute atomic E-state index is 14.7. The van der Waals surface area contributed by atoms with Gasteiger partial charge in [0, 0.05) is 23.5 Å². The normalized spacial score (nSPS) is 11.7. The first-order valence-corrected chi connectivity index (χ1v) is 9.60. The molecule has 3 aromatic carbocycles. The van der Waals surface area contributed by atoms with Crippen molar-refractivity contribution in [3.05, 3.63) is 95.1 Å². The van der Waals surface area contributed by atoms with Gasteiger partial charge in [-0.2, -0.15) is 13.2 Å². The SMILES string of the molecule is Cc1cnc(-c2ccc(-c3cc(F)c(-c4cc(F)c(C(F)(F)F)c(F)c4)c(F)c3)c(F)c2)nc1. The fourth-order valence-electron chi connectivity index (χ4n) is 3.42. The minimum absolute atomic E-state index is 0.185. The molecule has 0 aliphatic heterocycles. The molecule has 0 aliphatic rings. The molecule has 0 radical (unpaired) electrons. The van der Waals surface area contributed by atoms with Gasteiger partial charge >= 0.3 is 6.18 Å². The van der Waals surface area contributed by atoms with E-state index in [0.29, 0.717) is 17.7 Å². The highest BCUT2D eigenvalue weighted by Gasteiger charge is 2.38. The zero-order valence-electron chi connectivity index (χ0n) is 17.1. The molecule has 174 valence electrons. The van der Waals surface area contributed by atoms with Gasteiger partial charge in [-0.1, -0.05) is 12.1 Å². The predicted octanol–water partition coefficient (Wildman–Crippen LogP) is 7.50. The maximum atomic E-state index is 14.7. The molecule has 0 fully saturated rings. The van der Waals surface area contributed by atoms with E-state index in [1.165, 1.54) is 24.5 Å². The summed E-state index contributed by atoms with van der Waals surface area (Å²) in [6.45, 7) is 1.77. The van der Waals surface area contributed by atoms with Crippen LogP contribution in [-0.4, -0.2) is 9.97 Å². The van der Waals surface area contributed by atoms with Gasteiger partial charge in [0.15, 0.2) is 5.82 Å². The first-order chi connectivity index (χ1) is 16.0. The molecule has 0 aliphatic carbocycles. The van der Waals surface area contributed by atoms with Crippen molar-refractivity contribution in [2.75, 3.05) is 0 Å². The number of aromatic nitrogens is 2. The number of halogens is 8. The van der Waals surface area contributed by atoms with E-state index in [2.05, 4.69) is 9.97 Å². The van der Waals surface area contributed by atoms with E-state index in [1.807, 2.05) is 0 Å². The molecule has 0 spiro atoms. The average molecular weight is 480 g/mol. The molecule has 10 heteroatoms.